The Morgan fingerprint density at radius 1 is 1.43 bits per heavy atom. The summed E-state index contributed by atoms with van der Waals surface area (Å²) >= 11 is 9.59. The molecule has 0 amide bonds. The van der Waals surface area contributed by atoms with Gasteiger partial charge in [0.2, 0.25) is 0 Å². The third-order valence-corrected chi connectivity index (χ3v) is 5.50. The molecule has 0 spiro atoms. The minimum Gasteiger partial charge on any atom is -0.317 e. The molecule has 110 valence electrons. The van der Waals surface area contributed by atoms with Gasteiger partial charge >= 0.3 is 0 Å². The smallest absolute Gasteiger partial charge is 0.138 e. The van der Waals surface area contributed by atoms with Gasteiger partial charge in [-0.25, -0.2) is 14.4 Å². The molecule has 0 saturated heterocycles. The van der Waals surface area contributed by atoms with E-state index >= 15 is 0 Å². The van der Waals surface area contributed by atoms with Crippen LogP contribution < -0.4 is 0 Å². The lowest BCUT2D eigenvalue weighted by Gasteiger charge is -2.14. The molecular formula is C14H12ClFIN3S. The molecule has 0 aliphatic heterocycles. The van der Waals surface area contributed by atoms with Gasteiger partial charge in [0.15, 0.2) is 0 Å². The van der Waals surface area contributed by atoms with Crippen LogP contribution in [0.3, 0.4) is 0 Å². The van der Waals surface area contributed by atoms with Crippen molar-refractivity contribution >= 4 is 56.6 Å². The highest BCUT2D eigenvalue weighted by molar-refractivity contribution is 14.1. The van der Waals surface area contributed by atoms with Crippen LogP contribution in [0.15, 0.2) is 17.5 Å². The van der Waals surface area contributed by atoms with E-state index in [0.717, 1.165) is 27.6 Å². The van der Waals surface area contributed by atoms with Crippen LogP contribution in [0.25, 0.3) is 11.0 Å². The number of imidazole rings is 1. The van der Waals surface area contributed by atoms with E-state index in [2.05, 4.69) is 9.97 Å². The fourth-order valence-corrected chi connectivity index (χ4v) is 3.82. The number of aromatic nitrogens is 3. The van der Waals surface area contributed by atoms with Gasteiger partial charge in [-0.2, -0.15) is 0 Å². The number of fused-ring (bicyclic) bond motifs is 1. The van der Waals surface area contributed by atoms with Crippen LogP contribution in [-0.4, -0.2) is 14.5 Å². The van der Waals surface area contributed by atoms with Crippen molar-refractivity contribution in [3.05, 3.63) is 43.4 Å². The zero-order valence-corrected chi connectivity index (χ0v) is 15.1. The van der Waals surface area contributed by atoms with Gasteiger partial charge in [0.05, 0.1) is 26.5 Å². The van der Waals surface area contributed by atoms with Gasteiger partial charge < -0.3 is 4.57 Å². The standard InChI is InChI=1S/C14H12ClFIN3S/c1-7-6-21-14(18-7)8(2)20-12-3-9(16)10(17)4-11(12)19-13(20)5-15/h3-4,6,8H,5H2,1-2H3. The highest BCUT2D eigenvalue weighted by atomic mass is 127. The lowest BCUT2D eigenvalue weighted by atomic mass is 10.2. The zero-order valence-electron chi connectivity index (χ0n) is 11.4. The first-order valence-corrected chi connectivity index (χ1v) is 8.84. The summed E-state index contributed by atoms with van der Waals surface area (Å²) in [6, 6.07) is 3.25. The maximum Gasteiger partial charge on any atom is 0.138 e. The Morgan fingerprint density at radius 3 is 2.81 bits per heavy atom. The largest absolute Gasteiger partial charge is 0.317 e. The van der Waals surface area contributed by atoms with Crippen LogP contribution >= 0.6 is 45.5 Å². The Balaban J connectivity index is 2.22. The first-order chi connectivity index (χ1) is 10.0. The summed E-state index contributed by atoms with van der Waals surface area (Å²) < 4.78 is 16.4. The highest BCUT2D eigenvalue weighted by Crippen LogP contribution is 2.30. The second kappa shape index (κ2) is 5.81. The van der Waals surface area contributed by atoms with Crippen LogP contribution in [0.2, 0.25) is 0 Å². The van der Waals surface area contributed by atoms with Gasteiger partial charge in [-0.3, -0.25) is 0 Å². The molecule has 3 aromatic rings. The maximum absolute atomic E-state index is 13.9. The summed E-state index contributed by atoms with van der Waals surface area (Å²) in [5.74, 6) is 0.767. The minimum absolute atomic E-state index is 0.0260. The number of hydrogen-bond donors (Lipinski definition) is 0. The van der Waals surface area contributed by atoms with Crippen LogP contribution in [0, 0.1) is 16.3 Å². The number of thiazole rings is 1. The lowest BCUT2D eigenvalue weighted by Crippen LogP contribution is -2.10. The molecule has 1 aromatic carbocycles. The third kappa shape index (κ3) is 2.68. The van der Waals surface area contributed by atoms with Crippen LogP contribution in [0.4, 0.5) is 4.39 Å². The minimum atomic E-state index is -0.243. The summed E-state index contributed by atoms with van der Waals surface area (Å²) in [7, 11) is 0. The molecule has 1 unspecified atom stereocenters. The number of benzene rings is 1. The maximum atomic E-state index is 13.9. The second-order valence-corrected chi connectivity index (χ2v) is 7.11. The van der Waals surface area contributed by atoms with E-state index in [1.54, 1.807) is 17.4 Å². The van der Waals surface area contributed by atoms with Gasteiger partial charge in [0.1, 0.15) is 16.6 Å². The van der Waals surface area contributed by atoms with Crippen LogP contribution in [0.1, 0.15) is 29.5 Å². The third-order valence-electron chi connectivity index (χ3n) is 3.31. The number of nitrogens with zero attached hydrogens (tertiary/aromatic N) is 3. The SMILES string of the molecule is Cc1csc(C(C)n2c(CCl)nc3cc(I)c(F)cc32)n1. The van der Waals surface area contributed by atoms with Gasteiger partial charge in [-0.1, -0.05) is 0 Å². The Morgan fingerprint density at radius 2 is 2.19 bits per heavy atom. The molecular weight excluding hydrogens is 424 g/mol. The monoisotopic (exact) mass is 435 g/mol. The van der Waals surface area contributed by atoms with Crippen molar-refractivity contribution in [1.82, 2.24) is 14.5 Å². The van der Waals surface area contributed by atoms with Crippen LogP contribution in [-0.2, 0) is 5.88 Å². The summed E-state index contributed by atoms with van der Waals surface area (Å²) in [6.07, 6.45) is 0. The summed E-state index contributed by atoms with van der Waals surface area (Å²) in [4.78, 5) is 9.04. The number of halogens is 3. The molecule has 0 bridgehead atoms. The van der Waals surface area contributed by atoms with E-state index < -0.39 is 0 Å². The molecule has 2 heterocycles. The molecule has 0 fully saturated rings. The lowest BCUT2D eigenvalue weighted by molar-refractivity contribution is 0.611. The van der Waals surface area contributed by atoms with Crippen molar-refractivity contribution in [2.24, 2.45) is 0 Å². The zero-order chi connectivity index (χ0) is 15.1. The highest BCUT2D eigenvalue weighted by Gasteiger charge is 2.20. The Hall–Kier alpha value is -0.730. The quantitative estimate of drug-likeness (QED) is 0.433. The van der Waals surface area contributed by atoms with E-state index in [9.17, 15) is 4.39 Å². The molecule has 0 radical (unpaired) electrons. The Kier molecular flexibility index (Phi) is 4.20. The van der Waals surface area contributed by atoms with Crippen molar-refractivity contribution in [1.29, 1.82) is 0 Å². The van der Waals surface area contributed by atoms with E-state index in [1.165, 1.54) is 6.07 Å². The normalized spacial score (nSPS) is 13.0. The molecule has 3 rings (SSSR count). The number of hydrogen-bond acceptors (Lipinski definition) is 3. The van der Waals surface area contributed by atoms with E-state index in [1.807, 2.05) is 46.4 Å². The molecule has 21 heavy (non-hydrogen) atoms. The van der Waals surface area contributed by atoms with Crippen molar-refractivity contribution in [3.63, 3.8) is 0 Å². The van der Waals surface area contributed by atoms with Crippen molar-refractivity contribution < 1.29 is 4.39 Å². The van der Waals surface area contributed by atoms with Crippen LogP contribution in [0.5, 0.6) is 0 Å². The second-order valence-electron chi connectivity index (χ2n) is 4.79. The predicted molar refractivity (Wildman–Crippen MR) is 92.6 cm³/mol. The molecule has 2 aromatic heterocycles. The average molecular weight is 436 g/mol. The number of aryl methyl sites for hydroxylation is 1. The molecule has 0 aliphatic rings. The predicted octanol–water partition coefficient (Wildman–Crippen LogP) is 4.89. The van der Waals surface area contributed by atoms with Gasteiger partial charge in [0, 0.05) is 17.1 Å². The van der Waals surface area contributed by atoms with Crippen molar-refractivity contribution in [2.45, 2.75) is 25.8 Å². The molecule has 0 aliphatic carbocycles. The number of rotatable bonds is 3. The van der Waals surface area contributed by atoms with Crippen molar-refractivity contribution in [3.8, 4) is 0 Å². The summed E-state index contributed by atoms with van der Waals surface area (Å²) in [5.41, 5.74) is 2.50. The first kappa shape index (κ1) is 15.2. The van der Waals surface area contributed by atoms with E-state index in [4.69, 9.17) is 11.6 Å². The molecule has 3 nitrogen and oxygen atoms in total. The number of alkyl halides is 1. The topological polar surface area (TPSA) is 30.7 Å². The molecule has 1 atom stereocenters. The van der Waals surface area contributed by atoms with Gasteiger partial charge in [0.25, 0.3) is 0 Å². The summed E-state index contributed by atoms with van der Waals surface area (Å²) in [6.45, 7) is 3.99. The Labute approximate surface area is 144 Å². The molecule has 0 N–H and O–H groups in total. The van der Waals surface area contributed by atoms with E-state index in [-0.39, 0.29) is 17.7 Å². The van der Waals surface area contributed by atoms with E-state index in [0.29, 0.717) is 3.57 Å². The summed E-state index contributed by atoms with van der Waals surface area (Å²) in [5, 5.41) is 2.98. The molecule has 0 saturated carbocycles. The fourth-order valence-electron chi connectivity index (χ4n) is 2.34. The van der Waals surface area contributed by atoms with Gasteiger partial charge in [-0.05, 0) is 42.5 Å². The first-order valence-electron chi connectivity index (χ1n) is 6.35. The van der Waals surface area contributed by atoms with Crippen molar-refractivity contribution in [2.75, 3.05) is 0 Å². The fraction of sp³-hybridized carbons (Fsp3) is 0.286. The molecule has 7 heteroatoms. The Bertz CT molecular complexity index is 814. The average Bonchev–Trinajstić information content (AvgIpc) is 3.02. The van der Waals surface area contributed by atoms with Gasteiger partial charge in [-0.15, -0.1) is 22.9 Å².